The normalized spacial score (nSPS) is 10.7. The van der Waals surface area contributed by atoms with E-state index in [-0.39, 0.29) is 10.0 Å². The van der Waals surface area contributed by atoms with E-state index in [0.29, 0.717) is 17.3 Å². The van der Waals surface area contributed by atoms with Crippen LogP contribution in [-0.2, 0) is 13.6 Å². The number of amides is 2. The molecule has 8 nitrogen and oxygen atoms in total. The number of carbonyl (C=O) groups excluding carboxylic acids is 2. The third-order valence-corrected chi connectivity index (χ3v) is 5.14. The standard InChI is InChI=1S/C17H17ClN6O2S/c1-9-13(10(2)24(3)23-9)8-19-14(25)16-21-22-17(27-16)15(26)20-12-6-4-5-11(18)7-12/h4-7H,8H2,1-3H3,(H,19,25)(H,20,26). The van der Waals surface area contributed by atoms with E-state index in [1.165, 1.54) is 0 Å². The van der Waals surface area contributed by atoms with Crippen LogP contribution in [0.2, 0.25) is 5.02 Å². The van der Waals surface area contributed by atoms with Crippen molar-refractivity contribution in [3.8, 4) is 0 Å². The quantitative estimate of drug-likeness (QED) is 0.680. The molecule has 140 valence electrons. The number of nitrogens with zero attached hydrogens (tertiary/aromatic N) is 4. The summed E-state index contributed by atoms with van der Waals surface area (Å²) in [5, 5.41) is 18.1. The molecule has 0 aliphatic carbocycles. The van der Waals surface area contributed by atoms with Gasteiger partial charge in [0.15, 0.2) is 0 Å². The Labute approximate surface area is 164 Å². The van der Waals surface area contributed by atoms with E-state index in [4.69, 9.17) is 11.6 Å². The molecule has 2 aromatic heterocycles. The minimum Gasteiger partial charge on any atom is -0.346 e. The molecule has 0 aliphatic rings. The number of carbonyl (C=O) groups is 2. The average molecular weight is 405 g/mol. The minimum absolute atomic E-state index is 0.0915. The molecule has 0 saturated carbocycles. The first-order chi connectivity index (χ1) is 12.8. The molecule has 0 aliphatic heterocycles. The van der Waals surface area contributed by atoms with Crippen molar-refractivity contribution in [1.82, 2.24) is 25.3 Å². The highest BCUT2D eigenvalue weighted by molar-refractivity contribution is 7.15. The Morgan fingerprint density at radius 1 is 1.19 bits per heavy atom. The van der Waals surface area contributed by atoms with Gasteiger partial charge in [0.25, 0.3) is 11.8 Å². The molecule has 0 fully saturated rings. The number of aromatic nitrogens is 4. The lowest BCUT2D eigenvalue weighted by Crippen LogP contribution is -2.23. The van der Waals surface area contributed by atoms with Crippen LogP contribution in [0.25, 0.3) is 0 Å². The zero-order valence-electron chi connectivity index (χ0n) is 14.9. The van der Waals surface area contributed by atoms with Crippen molar-refractivity contribution in [1.29, 1.82) is 0 Å². The molecule has 0 spiro atoms. The van der Waals surface area contributed by atoms with Crippen LogP contribution in [0.1, 0.15) is 36.6 Å². The predicted octanol–water partition coefficient (Wildman–Crippen LogP) is 2.72. The summed E-state index contributed by atoms with van der Waals surface area (Å²) in [6.45, 7) is 4.15. The lowest BCUT2D eigenvalue weighted by Gasteiger charge is -2.03. The molecular formula is C17H17ClN6O2S. The number of nitrogens with one attached hydrogen (secondary N) is 2. The van der Waals surface area contributed by atoms with Gasteiger partial charge in [0.2, 0.25) is 10.0 Å². The topological polar surface area (TPSA) is 102 Å². The van der Waals surface area contributed by atoms with Crippen molar-refractivity contribution in [3.63, 3.8) is 0 Å². The van der Waals surface area contributed by atoms with E-state index >= 15 is 0 Å². The molecule has 0 atom stereocenters. The Hall–Kier alpha value is -2.78. The molecule has 2 heterocycles. The third kappa shape index (κ3) is 4.32. The highest BCUT2D eigenvalue weighted by Crippen LogP contribution is 2.17. The second-order valence-corrected chi connectivity index (χ2v) is 7.25. The van der Waals surface area contributed by atoms with Gasteiger partial charge in [-0.05, 0) is 32.0 Å². The lowest BCUT2D eigenvalue weighted by molar-refractivity contribution is 0.0948. The number of anilines is 1. The van der Waals surface area contributed by atoms with Crippen molar-refractivity contribution in [2.75, 3.05) is 5.32 Å². The van der Waals surface area contributed by atoms with Gasteiger partial charge in [-0.1, -0.05) is 29.0 Å². The van der Waals surface area contributed by atoms with Crippen LogP contribution in [0.5, 0.6) is 0 Å². The Kier molecular flexibility index (Phi) is 5.52. The fraction of sp³-hybridized carbons (Fsp3) is 0.235. The second kappa shape index (κ2) is 7.85. The smallest absolute Gasteiger partial charge is 0.286 e. The maximum absolute atomic E-state index is 12.3. The number of hydrogen-bond acceptors (Lipinski definition) is 6. The number of hydrogen-bond donors (Lipinski definition) is 2. The predicted molar refractivity (Wildman–Crippen MR) is 103 cm³/mol. The largest absolute Gasteiger partial charge is 0.346 e. The number of halogens is 1. The van der Waals surface area contributed by atoms with Crippen LogP contribution in [0.4, 0.5) is 5.69 Å². The molecule has 0 unspecified atom stereocenters. The Morgan fingerprint density at radius 3 is 2.52 bits per heavy atom. The first-order valence-electron chi connectivity index (χ1n) is 8.03. The summed E-state index contributed by atoms with van der Waals surface area (Å²) in [5.74, 6) is -0.843. The average Bonchev–Trinajstić information content (AvgIpc) is 3.19. The Bertz CT molecular complexity index is 1010. The van der Waals surface area contributed by atoms with Crippen LogP contribution < -0.4 is 10.6 Å². The maximum atomic E-state index is 12.3. The highest BCUT2D eigenvalue weighted by Gasteiger charge is 2.18. The molecule has 0 radical (unpaired) electrons. The zero-order chi connectivity index (χ0) is 19.6. The summed E-state index contributed by atoms with van der Waals surface area (Å²) >= 11 is 6.81. The highest BCUT2D eigenvalue weighted by atomic mass is 35.5. The van der Waals surface area contributed by atoms with Gasteiger partial charge >= 0.3 is 0 Å². The van der Waals surface area contributed by atoms with E-state index in [9.17, 15) is 9.59 Å². The van der Waals surface area contributed by atoms with Crippen LogP contribution in [0.15, 0.2) is 24.3 Å². The van der Waals surface area contributed by atoms with Crippen molar-refractivity contribution < 1.29 is 9.59 Å². The summed E-state index contributed by atoms with van der Waals surface area (Å²) in [6, 6.07) is 6.75. The van der Waals surface area contributed by atoms with Crippen LogP contribution in [-0.4, -0.2) is 31.8 Å². The molecule has 3 rings (SSSR count). The molecule has 0 bridgehead atoms. The minimum atomic E-state index is -0.451. The van der Waals surface area contributed by atoms with E-state index in [0.717, 1.165) is 28.3 Å². The van der Waals surface area contributed by atoms with Crippen molar-refractivity contribution in [2.45, 2.75) is 20.4 Å². The molecule has 2 N–H and O–H groups in total. The zero-order valence-corrected chi connectivity index (χ0v) is 16.5. The first-order valence-corrected chi connectivity index (χ1v) is 9.22. The van der Waals surface area contributed by atoms with Gasteiger partial charge in [0.1, 0.15) is 0 Å². The van der Waals surface area contributed by atoms with Crippen LogP contribution in [0, 0.1) is 13.8 Å². The molecule has 27 heavy (non-hydrogen) atoms. The SMILES string of the molecule is Cc1nn(C)c(C)c1CNC(=O)c1nnc(C(=O)Nc2cccc(Cl)c2)s1. The molecule has 2 amide bonds. The number of aryl methyl sites for hydroxylation is 2. The molecular weight excluding hydrogens is 388 g/mol. The molecule has 0 saturated heterocycles. The maximum Gasteiger partial charge on any atom is 0.286 e. The summed E-state index contributed by atoms with van der Waals surface area (Å²) < 4.78 is 1.76. The number of benzene rings is 1. The lowest BCUT2D eigenvalue weighted by atomic mass is 10.2. The van der Waals surface area contributed by atoms with E-state index < -0.39 is 11.8 Å². The second-order valence-electron chi connectivity index (χ2n) is 5.83. The third-order valence-electron chi connectivity index (χ3n) is 3.98. The summed E-state index contributed by atoms with van der Waals surface area (Å²) in [6.07, 6.45) is 0. The van der Waals surface area contributed by atoms with Gasteiger partial charge in [-0.25, -0.2) is 0 Å². The van der Waals surface area contributed by atoms with E-state index in [1.807, 2.05) is 20.9 Å². The summed E-state index contributed by atoms with van der Waals surface area (Å²) in [5.41, 5.74) is 3.33. The van der Waals surface area contributed by atoms with Crippen molar-refractivity contribution in [2.24, 2.45) is 7.05 Å². The fourth-order valence-corrected chi connectivity index (χ4v) is 3.32. The van der Waals surface area contributed by atoms with Crippen molar-refractivity contribution >= 4 is 40.4 Å². The van der Waals surface area contributed by atoms with Crippen molar-refractivity contribution in [3.05, 3.63) is 56.3 Å². The van der Waals surface area contributed by atoms with Gasteiger partial charge in [-0.2, -0.15) is 5.10 Å². The van der Waals surface area contributed by atoms with Gasteiger partial charge in [-0.3, -0.25) is 14.3 Å². The molecule has 1 aromatic carbocycles. The van der Waals surface area contributed by atoms with Gasteiger partial charge in [0, 0.05) is 35.6 Å². The van der Waals surface area contributed by atoms with Gasteiger partial charge in [-0.15, -0.1) is 10.2 Å². The Balaban J connectivity index is 1.64. The summed E-state index contributed by atoms with van der Waals surface area (Å²) in [4.78, 5) is 24.6. The summed E-state index contributed by atoms with van der Waals surface area (Å²) in [7, 11) is 1.85. The van der Waals surface area contributed by atoms with E-state index in [2.05, 4.69) is 25.9 Å². The fourth-order valence-electron chi connectivity index (χ4n) is 2.48. The monoisotopic (exact) mass is 404 g/mol. The van der Waals surface area contributed by atoms with E-state index in [1.54, 1.807) is 28.9 Å². The van der Waals surface area contributed by atoms with Gasteiger partial charge in [0.05, 0.1) is 5.69 Å². The van der Waals surface area contributed by atoms with Crippen LogP contribution >= 0.6 is 22.9 Å². The van der Waals surface area contributed by atoms with Crippen LogP contribution in [0.3, 0.4) is 0 Å². The molecule has 3 aromatic rings. The molecule has 10 heteroatoms. The Morgan fingerprint density at radius 2 is 1.89 bits per heavy atom. The first kappa shape index (κ1) is 19.0. The number of rotatable bonds is 5. The van der Waals surface area contributed by atoms with Gasteiger partial charge < -0.3 is 10.6 Å².